The van der Waals surface area contributed by atoms with Crippen molar-refractivity contribution in [3.8, 4) is 11.8 Å². The zero-order valence-corrected chi connectivity index (χ0v) is 8.97. The van der Waals surface area contributed by atoms with Gasteiger partial charge in [0.1, 0.15) is 11.8 Å². The van der Waals surface area contributed by atoms with E-state index in [-0.39, 0.29) is 0 Å². The van der Waals surface area contributed by atoms with Crippen LogP contribution in [0.25, 0.3) is 0 Å². The van der Waals surface area contributed by atoms with Crippen LogP contribution < -0.4 is 4.74 Å². The van der Waals surface area contributed by atoms with Crippen LogP contribution in [-0.2, 0) is 9.47 Å². The smallest absolute Gasteiger partial charge is 0.497 e. The van der Waals surface area contributed by atoms with Crippen LogP contribution in [0.2, 0.25) is 0 Å². The van der Waals surface area contributed by atoms with E-state index in [9.17, 15) is 4.79 Å². The maximum absolute atomic E-state index is 10.9. The minimum Gasteiger partial charge on any atom is -0.497 e. The third-order valence-electron chi connectivity index (χ3n) is 1.92. The molecule has 0 aliphatic carbocycles. The molecule has 0 unspecified atom stereocenters. The molecule has 0 heterocycles. The van der Waals surface area contributed by atoms with Gasteiger partial charge < -0.3 is 14.2 Å². The largest absolute Gasteiger partial charge is 0.509 e. The van der Waals surface area contributed by atoms with Crippen LogP contribution in [-0.4, -0.2) is 20.4 Å². The lowest BCUT2D eigenvalue weighted by Crippen LogP contribution is -2.09. The van der Waals surface area contributed by atoms with Crippen molar-refractivity contribution in [1.82, 2.24) is 0 Å². The third kappa shape index (κ3) is 2.89. The van der Waals surface area contributed by atoms with Gasteiger partial charge in [-0.2, -0.15) is 5.26 Å². The highest BCUT2D eigenvalue weighted by Crippen LogP contribution is 2.20. The minimum absolute atomic E-state index is 0.564. The fourth-order valence-corrected chi connectivity index (χ4v) is 1.09. The Hall–Kier alpha value is -2.22. The number of nitriles is 1. The Morgan fingerprint density at radius 2 is 1.94 bits per heavy atom. The summed E-state index contributed by atoms with van der Waals surface area (Å²) in [4.78, 5) is 10.9. The molecule has 0 radical (unpaired) electrons. The average molecular weight is 221 g/mol. The average Bonchev–Trinajstić information content (AvgIpc) is 2.35. The van der Waals surface area contributed by atoms with E-state index in [0.29, 0.717) is 11.3 Å². The highest BCUT2D eigenvalue weighted by molar-refractivity contribution is 5.60. The van der Waals surface area contributed by atoms with Gasteiger partial charge in [0, 0.05) is 5.56 Å². The summed E-state index contributed by atoms with van der Waals surface area (Å²) < 4.78 is 14.0. The van der Waals surface area contributed by atoms with Crippen molar-refractivity contribution in [2.75, 3.05) is 14.2 Å². The molecule has 1 aromatic carbocycles. The maximum Gasteiger partial charge on any atom is 0.509 e. The Balaban J connectivity index is 2.79. The Kier molecular flexibility index (Phi) is 4.16. The van der Waals surface area contributed by atoms with Gasteiger partial charge in [-0.15, -0.1) is 0 Å². The summed E-state index contributed by atoms with van der Waals surface area (Å²) in [7, 11) is 2.73. The van der Waals surface area contributed by atoms with E-state index in [2.05, 4.69) is 4.74 Å². The molecule has 5 heteroatoms. The molecule has 1 aromatic rings. The summed E-state index contributed by atoms with van der Waals surface area (Å²) in [5.74, 6) is 0.665. The second kappa shape index (κ2) is 5.61. The molecule has 16 heavy (non-hydrogen) atoms. The summed E-state index contributed by atoms with van der Waals surface area (Å²) in [6.07, 6.45) is -1.86. The SMILES string of the molecule is COC(=O)O[C@H](C#N)c1ccc(OC)cc1. The van der Waals surface area contributed by atoms with Gasteiger partial charge in [-0.25, -0.2) is 4.79 Å². The van der Waals surface area contributed by atoms with Gasteiger partial charge in [0.05, 0.1) is 14.2 Å². The number of carbonyl (C=O) groups excluding carboxylic acids is 1. The quantitative estimate of drug-likeness (QED) is 0.730. The molecule has 1 rings (SSSR count). The lowest BCUT2D eigenvalue weighted by Gasteiger charge is -2.10. The standard InChI is InChI=1S/C11H11NO4/c1-14-9-5-3-8(4-6-9)10(7-12)16-11(13)15-2/h3-6,10H,1-2H3/t10-/m1/s1. The predicted octanol–water partition coefficient (Wildman–Crippen LogP) is 2.04. The van der Waals surface area contributed by atoms with Crippen molar-refractivity contribution in [3.63, 3.8) is 0 Å². The van der Waals surface area contributed by atoms with E-state index in [0.717, 1.165) is 0 Å². The van der Waals surface area contributed by atoms with E-state index in [4.69, 9.17) is 14.7 Å². The molecule has 0 saturated carbocycles. The van der Waals surface area contributed by atoms with Crippen molar-refractivity contribution >= 4 is 6.16 Å². The monoisotopic (exact) mass is 221 g/mol. The van der Waals surface area contributed by atoms with Gasteiger partial charge in [0.2, 0.25) is 6.10 Å². The third-order valence-corrected chi connectivity index (χ3v) is 1.92. The van der Waals surface area contributed by atoms with Crippen LogP contribution in [0.5, 0.6) is 5.75 Å². The van der Waals surface area contributed by atoms with E-state index in [1.54, 1.807) is 31.4 Å². The molecule has 0 bridgehead atoms. The van der Waals surface area contributed by atoms with Crippen molar-refractivity contribution in [1.29, 1.82) is 5.26 Å². The zero-order chi connectivity index (χ0) is 12.0. The summed E-state index contributed by atoms with van der Waals surface area (Å²) in [5.41, 5.74) is 0.564. The molecule has 0 spiro atoms. The lowest BCUT2D eigenvalue weighted by molar-refractivity contribution is 0.0543. The first-order valence-corrected chi connectivity index (χ1v) is 4.49. The van der Waals surface area contributed by atoms with Crippen LogP contribution >= 0.6 is 0 Å². The maximum atomic E-state index is 10.9. The lowest BCUT2D eigenvalue weighted by atomic mass is 10.1. The zero-order valence-electron chi connectivity index (χ0n) is 8.97. The Morgan fingerprint density at radius 3 is 2.38 bits per heavy atom. The van der Waals surface area contributed by atoms with Crippen molar-refractivity contribution in [2.24, 2.45) is 0 Å². The second-order valence-electron chi connectivity index (χ2n) is 2.85. The van der Waals surface area contributed by atoms with Crippen LogP contribution in [0, 0.1) is 11.3 Å². The highest BCUT2D eigenvalue weighted by atomic mass is 16.7. The molecule has 0 N–H and O–H groups in total. The van der Waals surface area contributed by atoms with Crippen molar-refractivity contribution in [2.45, 2.75) is 6.10 Å². The molecule has 0 saturated heterocycles. The normalized spacial score (nSPS) is 11.1. The van der Waals surface area contributed by atoms with Gasteiger partial charge >= 0.3 is 6.16 Å². The molecule has 1 atom stereocenters. The first-order chi connectivity index (χ1) is 7.71. The molecule has 0 aliphatic rings. The predicted molar refractivity (Wildman–Crippen MR) is 54.8 cm³/mol. The molecule has 0 amide bonds. The summed E-state index contributed by atoms with van der Waals surface area (Å²) >= 11 is 0. The van der Waals surface area contributed by atoms with Gasteiger partial charge in [-0.3, -0.25) is 0 Å². The molecular weight excluding hydrogens is 210 g/mol. The number of hydrogen-bond donors (Lipinski definition) is 0. The van der Waals surface area contributed by atoms with E-state index in [1.165, 1.54) is 7.11 Å². The molecule has 0 fully saturated rings. The fourth-order valence-electron chi connectivity index (χ4n) is 1.09. The first kappa shape index (κ1) is 11.9. The summed E-state index contributed by atoms with van der Waals surface area (Å²) in [5, 5.41) is 8.84. The van der Waals surface area contributed by atoms with Crippen LogP contribution in [0.15, 0.2) is 24.3 Å². The number of rotatable bonds is 3. The minimum atomic E-state index is -0.974. The van der Waals surface area contributed by atoms with Crippen molar-refractivity contribution < 1.29 is 19.0 Å². The van der Waals surface area contributed by atoms with Gasteiger partial charge in [-0.1, -0.05) is 12.1 Å². The van der Waals surface area contributed by atoms with Crippen LogP contribution in [0.4, 0.5) is 4.79 Å². The van der Waals surface area contributed by atoms with Crippen molar-refractivity contribution in [3.05, 3.63) is 29.8 Å². The Bertz CT molecular complexity index is 393. The van der Waals surface area contributed by atoms with Gasteiger partial charge in [0.25, 0.3) is 0 Å². The topological polar surface area (TPSA) is 68.5 Å². The molecule has 0 aliphatic heterocycles. The van der Waals surface area contributed by atoms with E-state index in [1.807, 2.05) is 6.07 Å². The van der Waals surface area contributed by atoms with Crippen LogP contribution in [0.1, 0.15) is 11.7 Å². The molecule has 84 valence electrons. The highest BCUT2D eigenvalue weighted by Gasteiger charge is 2.16. The fraction of sp³-hybridized carbons (Fsp3) is 0.273. The number of benzene rings is 1. The molecule has 0 aromatic heterocycles. The van der Waals surface area contributed by atoms with E-state index < -0.39 is 12.3 Å². The number of ether oxygens (including phenoxy) is 3. The first-order valence-electron chi connectivity index (χ1n) is 4.49. The van der Waals surface area contributed by atoms with Gasteiger partial charge in [0.15, 0.2) is 0 Å². The number of hydrogen-bond acceptors (Lipinski definition) is 5. The number of carbonyl (C=O) groups is 1. The summed E-state index contributed by atoms with van der Waals surface area (Å²) in [6.45, 7) is 0. The Morgan fingerprint density at radius 1 is 1.31 bits per heavy atom. The van der Waals surface area contributed by atoms with Gasteiger partial charge in [-0.05, 0) is 12.1 Å². The van der Waals surface area contributed by atoms with E-state index >= 15 is 0 Å². The number of nitrogens with zero attached hydrogens (tertiary/aromatic N) is 1. The Labute approximate surface area is 93.2 Å². The number of methoxy groups -OCH3 is 2. The second-order valence-corrected chi connectivity index (χ2v) is 2.85. The summed E-state index contributed by atoms with van der Waals surface area (Å²) in [6, 6.07) is 8.52. The molecule has 5 nitrogen and oxygen atoms in total. The van der Waals surface area contributed by atoms with Crippen LogP contribution in [0.3, 0.4) is 0 Å². The molecular formula is C11H11NO4.